The largest absolute Gasteiger partial charge is 0.457 e. The molecule has 0 spiro atoms. The smallest absolute Gasteiger partial charge is 0.239 e. The molecule has 3 rings (SSSR count). The SMILES string of the molecule is CC(C)(C(=O)NCc1ccccn1)C(=O)Nc1ccc(Oc2ccccc2)cc1. The van der Waals surface area contributed by atoms with Crippen LogP contribution in [0.25, 0.3) is 0 Å². The molecule has 0 aliphatic heterocycles. The quantitative estimate of drug-likeness (QED) is 0.595. The Morgan fingerprint density at radius 2 is 1.52 bits per heavy atom. The molecule has 29 heavy (non-hydrogen) atoms. The highest BCUT2D eigenvalue weighted by atomic mass is 16.5. The van der Waals surface area contributed by atoms with Crippen molar-refractivity contribution in [2.75, 3.05) is 5.32 Å². The van der Waals surface area contributed by atoms with E-state index < -0.39 is 11.3 Å². The molecule has 6 heteroatoms. The van der Waals surface area contributed by atoms with Gasteiger partial charge in [-0.2, -0.15) is 0 Å². The average molecular weight is 389 g/mol. The normalized spacial score (nSPS) is 10.8. The summed E-state index contributed by atoms with van der Waals surface area (Å²) in [4.78, 5) is 29.3. The van der Waals surface area contributed by atoms with Crippen LogP contribution in [-0.4, -0.2) is 16.8 Å². The molecule has 2 aromatic carbocycles. The van der Waals surface area contributed by atoms with Crippen LogP contribution in [0.4, 0.5) is 5.69 Å². The van der Waals surface area contributed by atoms with Crippen LogP contribution in [0, 0.1) is 5.41 Å². The number of rotatable bonds is 7. The molecule has 0 radical (unpaired) electrons. The molecule has 0 aliphatic rings. The lowest BCUT2D eigenvalue weighted by molar-refractivity contribution is -0.138. The van der Waals surface area contributed by atoms with E-state index >= 15 is 0 Å². The van der Waals surface area contributed by atoms with Crippen molar-refractivity contribution in [3.8, 4) is 11.5 Å². The Balaban J connectivity index is 1.57. The molecule has 0 atom stereocenters. The molecule has 1 aromatic heterocycles. The summed E-state index contributed by atoms with van der Waals surface area (Å²) >= 11 is 0. The molecule has 1 heterocycles. The highest BCUT2D eigenvalue weighted by molar-refractivity contribution is 6.09. The van der Waals surface area contributed by atoms with Gasteiger partial charge in [-0.15, -0.1) is 0 Å². The van der Waals surface area contributed by atoms with E-state index in [-0.39, 0.29) is 12.5 Å². The Hall–Kier alpha value is -3.67. The summed E-state index contributed by atoms with van der Waals surface area (Å²) in [5.41, 5.74) is 0.0700. The number of nitrogens with zero attached hydrogens (tertiary/aromatic N) is 1. The lowest BCUT2D eigenvalue weighted by Crippen LogP contribution is -2.44. The third-order valence-electron chi connectivity index (χ3n) is 4.38. The number of hydrogen-bond donors (Lipinski definition) is 2. The molecule has 2 N–H and O–H groups in total. The van der Waals surface area contributed by atoms with Gasteiger partial charge in [-0.25, -0.2) is 0 Å². The highest BCUT2D eigenvalue weighted by Crippen LogP contribution is 2.24. The van der Waals surface area contributed by atoms with Crippen molar-refractivity contribution in [1.82, 2.24) is 10.3 Å². The van der Waals surface area contributed by atoms with Gasteiger partial charge in [0.15, 0.2) is 0 Å². The van der Waals surface area contributed by atoms with Gasteiger partial charge in [-0.1, -0.05) is 24.3 Å². The average Bonchev–Trinajstić information content (AvgIpc) is 2.74. The number of nitrogens with one attached hydrogen (secondary N) is 2. The third-order valence-corrected chi connectivity index (χ3v) is 4.38. The van der Waals surface area contributed by atoms with Crippen LogP contribution >= 0.6 is 0 Å². The molecule has 3 aromatic rings. The number of carbonyl (C=O) groups is 2. The molecule has 0 saturated carbocycles. The number of para-hydroxylation sites is 1. The van der Waals surface area contributed by atoms with Gasteiger partial charge in [0.1, 0.15) is 16.9 Å². The maximum Gasteiger partial charge on any atom is 0.239 e. The van der Waals surface area contributed by atoms with Gasteiger partial charge in [0.2, 0.25) is 11.8 Å². The van der Waals surface area contributed by atoms with Gasteiger partial charge in [0, 0.05) is 11.9 Å². The second-order valence-corrected chi connectivity index (χ2v) is 7.02. The summed E-state index contributed by atoms with van der Waals surface area (Å²) in [5, 5.41) is 5.54. The van der Waals surface area contributed by atoms with E-state index in [9.17, 15) is 9.59 Å². The van der Waals surface area contributed by atoms with Crippen molar-refractivity contribution < 1.29 is 14.3 Å². The van der Waals surface area contributed by atoms with Gasteiger partial charge >= 0.3 is 0 Å². The fraction of sp³-hybridized carbons (Fsp3) is 0.174. The molecule has 0 aliphatic carbocycles. The molecular formula is C23H23N3O3. The predicted molar refractivity (Wildman–Crippen MR) is 111 cm³/mol. The first kappa shape index (κ1) is 20.1. The van der Waals surface area contributed by atoms with E-state index in [2.05, 4.69) is 15.6 Å². The maximum absolute atomic E-state index is 12.6. The molecular weight excluding hydrogens is 366 g/mol. The number of anilines is 1. The molecule has 0 saturated heterocycles. The van der Waals surface area contributed by atoms with Crippen molar-refractivity contribution >= 4 is 17.5 Å². The number of pyridine rings is 1. The summed E-state index contributed by atoms with van der Waals surface area (Å²) in [6.07, 6.45) is 1.66. The molecule has 0 unspecified atom stereocenters. The lowest BCUT2D eigenvalue weighted by atomic mass is 9.91. The highest BCUT2D eigenvalue weighted by Gasteiger charge is 2.36. The zero-order chi connectivity index (χ0) is 20.7. The summed E-state index contributed by atoms with van der Waals surface area (Å²) in [7, 11) is 0. The number of carbonyl (C=O) groups excluding carboxylic acids is 2. The van der Waals surface area contributed by atoms with E-state index in [1.54, 1.807) is 50.4 Å². The van der Waals surface area contributed by atoms with Crippen molar-refractivity contribution in [2.24, 2.45) is 5.41 Å². The van der Waals surface area contributed by atoms with Crippen LogP contribution in [0.1, 0.15) is 19.5 Å². The Kier molecular flexibility index (Phi) is 6.24. The summed E-state index contributed by atoms with van der Waals surface area (Å²) in [6.45, 7) is 3.44. The van der Waals surface area contributed by atoms with Crippen LogP contribution in [0.2, 0.25) is 0 Å². The predicted octanol–water partition coefficient (Wildman–Crippen LogP) is 4.16. The molecule has 2 amide bonds. The summed E-state index contributed by atoms with van der Waals surface area (Å²) in [5.74, 6) is 0.619. The first-order chi connectivity index (χ1) is 13.9. The topological polar surface area (TPSA) is 80.3 Å². The monoisotopic (exact) mass is 389 g/mol. The molecule has 0 bridgehead atoms. The Morgan fingerprint density at radius 1 is 0.862 bits per heavy atom. The second-order valence-electron chi connectivity index (χ2n) is 7.02. The molecule has 6 nitrogen and oxygen atoms in total. The maximum atomic E-state index is 12.6. The summed E-state index contributed by atoms with van der Waals surface area (Å²) in [6, 6.07) is 21.9. The van der Waals surface area contributed by atoms with E-state index in [1.807, 2.05) is 42.5 Å². The molecule has 148 valence electrons. The number of aromatic nitrogens is 1. The fourth-order valence-corrected chi connectivity index (χ4v) is 2.52. The number of ether oxygens (including phenoxy) is 1. The second kappa shape index (κ2) is 9.01. The first-order valence-electron chi connectivity index (χ1n) is 9.28. The van der Waals surface area contributed by atoms with Gasteiger partial charge in [0.05, 0.1) is 12.2 Å². The van der Waals surface area contributed by atoms with Crippen molar-refractivity contribution in [3.63, 3.8) is 0 Å². The van der Waals surface area contributed by atoms with Crippen LogP contribution in [0.15, 0.2) is 79.0 Å². The Labute approximate surface area is 169 Å². The van der Waals surface area contributed by atoms with E-state index in [0.717, 1.165) is 11.4 Å². The van der Waals surface area contributed by atoms with Crippen LogP contribution in [-0.2, 0) is 16.1 Å². The minimum atomic E-state index is -1.24. The van der Waals surface area contributed by atoms with Crippen LogP contribution < -0.4 is 15.4 Å². The van der Waals surface area contributed by atoms with E-state index in [1.165, 1.54) is 0 Å². The Morgan fingerprint density at radius 3 is 2.17 bits per heavy atom. The number of benzene rings is 2. The van der Waals surface area contributed by atoms with Gasteiger partial charge in [-0.3, -0.25) is 14.6 Å². The fourth-order valence-electron chi connectivity index (χ4n) is 2.52. The minimum Gasteiger partial charge on any atom is -0.457 e. The van der Waals surface area contributed by atoms with Crippen molar-refractivity contribution in [2.45, 2.75) is 20.4 Å². The number of amides is 2. The first-order valence-corrected chi connectivity index (χ1v) is 9.28. The van der Waals surface area contributed by atoms with Crippen molar-refractivity contribution in [3.05, 3.63) is 84.7 Å². The Bertz CT molecular complexity index is 956. The van der Waals surface area contributed by atoms with E-state index in [4.69, 9.17) is 4.74 Å². The zero-order valence-electron chi connectivity index (χ0n) is 16.4. The zero-order valence-corrected chi connectivity index (χ0v) is 16.4. The van der Waals surface area contributed by atoms with Crippen molar-refractivity contribution in [1.29, 1.82) is 0 Å². The van der Waals surface area contributed by atoms with Crippen LogP contribution in [0.5, 0.6) is 11.5 Å². The molecule has 0 fully saturated rings. The number of hydrogen-bond acceptors (Lipinski definition) is 4. The van der Waals surface area contributed by atoms with Gasteiger partial charge < -0.3 is 15.4 Å². The van der Waals surface area contributed by atoms with Gasteiger partial charge in [0.25, 0.3) is 0 Å². The third kappa shape index (κ3) is 5.42. The standard InChI is InChI=1S/C23H23N3O3/c1-23(2,21(27)25-16-18-8-6-7-15-24-18)22(28)26-17-11-13-20(14-12-17)29-19-9-4-3-5-10-19/h3-15H,16H2,1-2H3,(H,25,27)(H,26,28). The minimum absolute atomic E-state index is 0.266. The van der Waals surface area contributed by atoms with Gasteiger partial charge in [-0.05, 0) is 62.4 Å². The summed E-state index contributed by atoms with van der Waals surface area (Å²) < 4.78 is 5.74. The lowest BCUT2D eigenvalue weighted by Gasteiger charge is -2.22. The van der Waals surface area contributed by atoms with E-state index in [0.29, 0.717) is 11.4 Å². The van der Waals surface area contributed by atoms with Crippen LogP contribution in [0.3, 0.4) is 0 Å².